The Morgan fingerprint density at radius 2 is 1.83 bits per heavy atom. The van der Waals surface area contributed by atoms with E-state index in [9.17, 15) is 9.59 Å². The van der Waals surface area contributed by atoms with Gasteiger partial charge >= 0.3 is 0 Å². The van der Waals surface area contributed by atoms with Gasteiger partial charge in [-0.3, -0.25) is 9.59 Å². The molecule has 3 aromatic rings. The van der Waals surface area contributed by atoms with Crippen LogP contribution in [0.15, 0.2) is 42.7 Å². The van der Waals surface area contributed by atoms with E-state index in [-0.39, 0.29) is 24.5 Å². The van der Waals surface area contributed by atoms with Gasteiger partial charge in [0.25, 0.3) is 0 Å². The number of carbonyl (C=O) groups is 2. The normalized spacial score (nSPS) is 11.7. The lowest BCUT2D eigenvalue weighted by atomic mass is 10.0. The fraction of sp³-hybridized carbons (Fsp3) is 0.318. The molecular formula is C22H25N3O4S. The highest BCUT2D eigenvalue weighted by atomic mass is 32.1. The molecule has 0 bridgehead atoms. The van der Waals surface area contributed by atoms with Crippen LogP contribution < -0.4 is 14.8 Å². The number of imidazole rings is 1. The third kappa shape index (κ3) is 5.07. The number of aromatic nitrogens is 2. The van der Waals surface area contributed by atoms with Crippen LogP contribution in [0.1, 0.15) is 44.8 Å². The molecule has 8 heteroatoms. The van der Waals surface area contributed by atoms with Gasteiger partial charge in [-0.25, -0.2) is 4.98 Å². The summed E-state index contributed by atoms with van der Waals surface area (Å²) in [6, 6.07) is 8.64. The molecule has 0 fully saturated rings. The van der Waals surface area contributed by atoms with Crippen molar-refractivity contribution in [2.24, 2.45) is 7.05 Å². The van der Waals surface area contributed by atoms with E-state index in [2.05, 4.69) is 10.3 Å². The molecule has 0 aliphatic carbocycles. The first kappa shape index (κ1) is 21.6. The Bertz CT molecular complexity index is 1020. The first-order valence-electron chi connectivity index (χ1n) is 9.50. The second-order valence-electron chi connectivity index (χ2n) is 6.88. The number of nitrogens with zero attached hydrogens (tertiary/aromatic N) is 2. The smallest absolute Gasteiger partial charge is 0.221 e. The van der Waals surface area contributed by atoms with Gasteiger partial charge in [0.05, 0.1) is 19.1 Å². The van der Waals surface area contributed by atoms with Gasteiger partial charge in [0.2, 0.25) is 5.91 Å². The molecule has 1 aromatic carbocycles. The molecule has 1 unspecified atom stereocenters. The number of carbonyl (C=O) groups excluding carboxylic acids is 2. The molecular weight excluding hydrogens is 402 g/mol. The number of benzene rings is 1. The Morgan fingerprint density at radius 1 is 1.13 bits per heavy atom. The quantitative estimate of drug-likeness (QED) is 0.527. The number of rotatable bonds is 9. The van der Waals surface area contributed by atoms with E-state index >= 15 is 0 Å². The summed E-state index contributed by atoms with van der Waals surface area (Å²) in [5.74, 6) is 1.63. The molecule has 0 aliphatic rings. The molecule has 1 amide bonds. The molecule has 0 spiro atoms. The molecule has 0 saturated heterocycles. The SMILES string of the molecule is COc1cc(OC)cc(C(NC(=O)CCC(=O)c2ccc(C)s2)c2nccn2C)c1. The Morgan fingerprint density at radius 3 is 2.37 bits per heavy atom. The van der Waals surface area contributed by atoms with E-state index in [4.69, 9.17) is 9.47 Å². The van der Waals surface area contributed by atoms with Crippen LogP contribution in [0.25, 0.3) is 0 Å². The van der Waals surface area contributed by atoms with Crippen LogP contribution in [-0.4, -0.2) is 35.5 Å². The zero-order valence-corrected chi connectivity index (χ0v) is 18.3. The molecule has 2 heterocycles. The summed E-state index contributed by atoms with van der Waals surface area (Å²) in [5, 5.41) is 3.01. The number of hydrogen-bond donors (Lipinski definition) is 1. The number of ketones is 1. The first-order chi connectivity index (χ1) is 14.4. The number of hydrogen-bond acceptors (Lipinski definition) is 6. The van der Waals surface area contributed by atoms with Crippen molar-refractivity contribution >= 4 is 23.0 Å². The maximum atomic E-state index is 12.7. The van der Waals surface area contributed by atoms with Crippen LogP contribution in [0, 0.1) is 6.92 Å². The van der Waals surface area contributed by atoms with Gasteiger partial charge in [0.15, 0.2) is 5.78 Å². The van der Waals surface area contributed by atoms with Crippen LogP contribution >= 0.6 is 11.3 Å². The van der Waals surface area contributed by atoms with Crippen molar-refractivity contribution < 1.29 is 19.1 Å². The van der Waals surface area contributed by atoms with E-state index in [0.29, 0.717) is 22.2 Å². The number of aryl methyl sites for hydroxylation is 2. The lowest BCUT2D eigenvalue weighted by Crippen LogP contribution is -2.31. The Kier molecular flexibility index (Phi) is 6.89. The summed E-state index contributed by atoms with van der Waals surface area (Å²) in [5.41, 5.74) is 0.772. The molecule has 7 nitrogen and oxygen atoms in total. The zero-order valence-electron chi connectivity index (χ0n) is 17.5. The summed E-state index contributed by atoms with van der Waals surface area (Å²) in [6.45, 7) is 1.95. The summed E-state index contributed by atoms with van der Waals surface area (Å²) in [4.78, 5) is 31.2. The Balaban J connectivity index is 1.79. The summed E-state index contributed by atoms with van der Waals surface area (Å²) < 4.78 is 12.6. The highest BCUT2D eigenvalue weighted by Gasteiger charge is 2.23. The largest absolute Gasteiger partial charge is 0.497 e. The Labute approximate surface area is 179 Å². The molecule has 1 atom stereocenters. The second-order valence-corrected chi connectivity index (χ2v) is 8.16. The average Bonchev–Trinajstić information content (AvgIpc) is 3.37. The van der Waals surface area contributed by atoms with Crippen LogP contribution in [0.2, 0.25) is 0 Å². The van der Waals surface area contributed by atoms with Gasteiger partial charge in [0, 0.05) is 43.2 Å². The number of nitrogens with one attached hydrogen (secondary N) is 1. The zero-order chi connectivity index (χ0) is 21.7. The molecule has 30 heavy (non-hydrogen) atoms. The summed E-state index contributed by atoms with van der Waals surface area (Å²) in [6.07, 6.45) is 3.74. The van der Waals surface area contributed by atoms with E-state index in [0.717, 1.165) is 10.4 Å². The van der Waals surface area contributed by atoms with Crippen LogP contribution in [0.5, 0.6) is 11.5 Å². The van der Waals surface area contributed by atoms with Gasteiger partial charge in [-0.05, 0) is 36.8 Å². The molecule has 0 aliphatic heterocycles. The van der Waals surface area contributed by atoms with Crippen molar-refractivity contribution in [1.29, 1.82) is 0 Å². The van der Waals surface area contributed by atoms with E-state index in [1.54, 1.807) is 32.5 Å². The van der Waals surface area contributed by atoms with Crippen molar-refractivity contribution in [3.05, 3.63) is 63.9 Å². The first-order valence-corrected chi connectivity index (χ1v) is 10.3. The van der Waals surface area contributed by atoms with E-state index < -0.39 is 6.04 Å². The minimum Gasteiger partial charge on any atom is -0.497 e. The molecule has 2 aromatic heterocycles. The highest BCUT2D eigenvalue weighted by Crippen LogP contribution is 2.29. The fourth-order valence-electron chi connectivity index (χ4n) is 3.12. The average molecular weight is 428 g/mol. The van der Waals surface area contributed by atoms with Gasteiger partial charge < -0.3 is 19.4 Å². The fourth-order valence-corrected chi connectivity index (χ4v) is 3.95. The van der Waals surface area contributed by atoms with Crippen LogP contribution in [0.3, 0.4) is 0 Å². The number of amides is 1. The number of Topliss-reactive ketones (excluding diaryl/α,β-unsaturated/α-hetero) is 1. The monoisotopic (exact) mass is 427 g/mol. The van der Waals surface area contributed by atoms with Crippen molar-refractivity contribution in [2.45, 2.75) is 25.8 Å². The van der Waals surface area contributed by atoms with Gasteiger partial charge in [-0.1, -0.05) is 0 Å². The van der Waals surface area contributed by atoms with Crippen LogP contribution in [0.4, 0.5) is 0 Å². The molecule has 158 valence electrons. The maximum absolute atomic E-state index is 12.7. The second kappa shape index (κ2) is 9.58. The minimum atomic E-state index is -0.513. The van der Waals surface area contributed by atoms with Gasteiger partial charge in [-0.2, -0.15) is 0 Å². The molecule has 1 N–H and O–H groups in total. The minimum absolute atomic E-state index is 0.0279. The highest BCUT2D eigenvalue weighted by molar-refractivity contribution is 7.14. The maximum Gasteiger partial charge on any atom is 0.221 e. The van der Waals surface area contributed by atoms with Gasteiger partial charge in [-0.15, -0.1) is 11.3 Å². The molecule has 0 saturated carbocycles. The number of methoxy groups -OCH3 is 2. The van der Waals surface area contributed by atoms with Crippen molar-refractivity contribution in [3.63, 3.8) is 0 Å². The predicted molar refractivity (Wildman–Crippen MR) is 115 cm³/mol. The number of thiophene rings is 1. The predicted octanol–water partition coefficient (Wildman–Crippen LogP) is 3.68. The van der Waals surface area contributed by atoms with E-state index in [1.165, 1.54) is 11.3 Å². The molecule has 3 rings (SSSR count). The third-order valence-electron chi connectivity index (χ3n) is 4.72. The molecule has 0 radical (unpaired) electrons. The van der Waals surface area contributed by atoms with Crippen molar-refractivity contribution in [3.8, 4) is 11.5 Å². The lowest BCUT2D eigenvalue weighted by molar-refractivity contribution is -0.121. The van der Waals surface area contributed by atoms with Gasteiger partial charge in [0.1, 0.15) is 23.4 Å². The van der Waals surface area contributed by atoms with Crippen LogP contribution in [-0.2, 0) is 11.8 Å². The lowest BCUT2D eigenvalue weighted by Gasteiger charge is -2.20. The standard InChI is InChI=1S/C22H25N3O4S/c1-14-5-7-19(30-14)18(26)6-8-20(27)24-21(22-23-9-10-25(22)2)15-11-16(28-3)13-17(12-15)29-4/h5,7,9-13,21H,6,8H2,1-4H3,(H,24,27). The van der Waals surface area contributed by atoms with Crippen molar-refractivity contribution in [2.75, 3.05) is 14.2 Å². The topological polar surface area (TPSA) is 82.4 Å². The number of ether oxygens (including phenoxy) is 2. The summed E-state index contributed by atoms with van der Waals surface area (Å²) >= 11 is 1.44. The summed E-state index contributed by atoms with van der Waals surface area (Å²) in [7, 11) is 5.01. The Hall–Kier alpha value is -3.13. The van der Waals surface area contributed by atoms with Crippen molar-refractivity contribution in [1.82, 2.24) is 14.9 Å². The van der Waals surface area contributed by atoms with E-state index in [1.807, 2.05) is 42.9 Å². The third-order valence-corrected chi connectivity index (χ3v) is 5.77.